The second kappa shape index (κ2) is 3.79. The second-order valence-corrected chi connectivity index (χ2v) is 4.17. The Hall–Kier alpha value is -0.730. The van der Waals surface area contributed by atoms with Crippen molar-refractivity contribution in [2.24, 2.45) is 0 Å². The highest BCUT2D eigenvalue weighted by Crippen LogP contribution is 2.35. The average molecular weight is 212 g/mol. The van der Waals surface area contributed by atoms with Gasteiger partial charge in [-0.2, -0.15) is 0 Å². The summed E-state index contributed by atoms with van der Waals surface area (Å²) in [5, 5.41) is 4.18. The monoisotopic (exact) mass is 211 g/mol. The third-order valence-electron chi connectivity index (χ3n) is 2.61. The van der Waals surface area contributed by atoms with Gasteiger partial charge in [0.1, 0.15) is 0 Å². The Balaban J connectivity index is 2.41. The third-order valence-corrected chi connectivity index (χ3v) is 2.85. The van der Waals surface area contributed by atoms with E-state index in [2.05, 4.69) is 12.2 Å². The summed E-state index contributed by atoms with van der Waals surface area (Å²) in [5.74, 6) is 0. The summed E-state index contributed by atoms with van der Waals surface area (Å²) in [4.78, 5) is 0. The fourth-order valence-electron chi connectivity index (χ4n) is 1.93. The molecule has 1 aliphatic heterocycles. The average Bonchev–Trinajstić information content (AvgIpc) is 2.17. The molecule has 1 aromatic rings. The van der Waals surface area contributed by atoms with Crippen LogP contribution in [0.5, 0.6) is 0 Å². The van der Waals surface area contributed by atoms with Crippen molar-refractivity contribution in [1.82, 2.24) is 0 Å². The molecule has 76 valence electrons. The molecule has 2 unspecified atom stereocenters. The fourth-order valence-corrected chi connectivity index (χ4v) is 2.11. The number of methoxy groups -OCH3 is 1. The van der Waals surface area contributed by atoms with E-state index in [4.69, 9.17) is 16.3 Å². The smallest absolute Gasteiger partial charge is 0.0861 e. The van der Waals surface area contributed by atoms with E-state index >= 15 is 0 Å². The van der Waals surface area contributed by atoms with Crippen molar-refractivity contribution >= 4 is 17.3 Å². The Morgan fingerprint density at radius 2 is 2.29 bits per heavy atom. The zero-order chi connectivity index (χ0) is 10.1. The molecule has 0 spiro atoms. The summed E-state index contributed by atoms with van der Waals surface area (Å²) in [5.41, 5.74) is 2.30. The quantitative estimate of drug-likeness (QED) is 0.770. The molecule has 0 aliphatic carbocycles. The molecule has 1 aromatic carbocycles. The lowest BCUT2D eigenvalue weighted by molar-refractivity contribution is 0.0894. The molecule has 2 rings (SSSR count). The first-order valence-electron chi connectivity index (χ1n) is 4.79. The number of fused-ring (bicyclic) bond motifs is 1. The van der Waals surface area contributed by atoms with Crippen LogP contribution in [-0.2, 0) is 4.74 Å². The van der Waals surface area contributed by atoms with E-state index in [1.165, 1.54) is 0 Å². The van der Waals surface area contributed by atoms with Crippen molar-refractivity contribution in [2.75, 3.05) is 12.4 Å². The molecule has 0 saturated carbocycles. The number of halogens is 1. The van der Waals surface area contributed by atoms with Gasteiger partial charge in [0.25, 0.3) is 0 Å². The van der Waals surface area contributed by atoms with Crippen molar-refractivity contribution in [2.45, 2.75) is 25.5 Å². The number of anilines is 1. The van der Waals surface area contributed by atoms with Gasteiger partial charge in [0.2, 0.25) is 0 Å². The molecule has 1 N–H and O–H groups in total. The minimum Gasteiger partial charge on any atom is -0.382 e. The lowest BCUT2D eigenvalue weighted by Crippen LogP contribution is -2.26. The lowest BCUT2D eigenvalue weighted by Gasteiger charge is -2.30. The van der Waals surface area contributed by atoms with Crippen LogP contribution in [0.3, 0.4) is 0 Å². The molecular formula is C11H14ClNO. The van der Waals surface area contributed by atoms with Crippen molar-refractivity contribution < 1.29 is 4.74 Å². The first-order valence-corrected chi connectivity index (χ1v) is 5.17. The highest BCUT2D eigenvalue weighted by molar-refractivity contribution is 6.30. The van der Waals surface area contributed by atoms with Crippen LogP contribution in [0.15, 0.2) is 18.2 Å². The van der Waals surface area contributed by atoms with Crippen LogP contribution >= 0.6 is 11.6 Å². The zero-order valence-corrected chi connectivity index (χ0v) is 9.14. The van der Waals surface area contributed by atoms with E-state index in [1.807, 2.05) is 18.2 Å². The van der Waals surface area contributed by atoms with Gasteiger partial charge in [0.05, 0.1) is 6.10 Å². The van der Waals surface area contributed by atoms with Gasteiger partial charge in [0.15, 0.2) is 0 Å². The van der Waals surface area contributed by atoms with Crippen LogP contribution in [0, 0.1) is 0 Å². The van der Waals surface area contributed by atoms with Crippen molar-refractivity contribution in [3.8, 4) is 0 Å². The molecular weight excluding hydrogens is 198 g/mol. The summed E-state index contributed by atoms with van der Waals surface area (Å²) >= 11 is 5.95. The molecule has 0 amide bonds. The summed E-state index contributed by atoms with van der Waals surface area (Å²) in [6.07, 6.45) is 1.16. The van der Waals surface area contributed by atoms with Gasteiger partial charge in [-0.25, -0.2) is 0 Å². The minimum atomic E-state index is 0.167. The van der Waals surface area contributed by atoms with Crippen molar-refractivity contribution in [3.63, 3.8) is 0 Å². The number of ether oxygens (including phenoxy) is 1. The van der Waals surface area contributed by atoms with E-state index in [9.17, 15) is 0 Å². The normalized spacial score (nSPS) is 25.4. The van der Waals surface area contributed by atoms with Crippen molar-refractivity contribution in [1.29, 1.82) is 0 Å². The molecule has 2 nitrogen and oxygen atoms in total. The van der Waals surface area contributed by atoms with E-state index in [0.717, 1.165) is 22.7 Å². The number of nitrogens with one attached hydrogen (secondary N) is 1. The zero-order valence-electron chi connectivity index (χ0n) is 8.38. The van der Waals surface area contributed by atoms with Gasteiger partial charge >= 0.3 is 0 Å². The van der Waals surface area contributed by atoms with Gasteiger partial charge in [0, 0.05) is 29.4 Å². The summed E-state index contributed by atoms with van der Waals surface area (Å²) in [6, 6.07) is 6.34. The summed E-state index contributed by atoms with van der Waals surface area (Å²) in [7, 11) is 1.74. The van der Waals surface area contributed by atoms with Gasteiger partial charge < -0.3 is 10.1 Å². The molecule has 0 bridgehead atoms. The fraction of sp³-hybridized carbons (Fsp3) is 0.455. The Kier molecular flexibility index (Phi) is 2.66. The summed E-state index contributed by atoms with van der Waals surface area (Å²) in [6.45, 7) is 2.16. The second-order valence-electron chi connectivity index (χ2n) is 3.74. The maximum atomic E-state index is 5.95. The number of hydrogen-bond donors (Lipinski definition) is 1. The largest absolute Gasteiger partial charge is 0.382 e. The molecule has 1 heterocycles. The first kappa shape index (κ1) is 9.81. The maximum absolute atomic E-state index is 5.95. The van der Waals surface area contributed by atoms with Crippen molar-refractivity contribution in [3.05, 3.63) is 28.8 Å². The van der Waals surface area contributed by atoms with Gasteiger partial charge in [-0.3, -0.25) is 0 Å². The molecule has 0 saturated heterocycles. The van der Waals surface area contributed by atoms with E-state index < -0.39 is 0 Å². The number of benzene rings is 1. The number of rotatable bonds is 1. The molecule has 0 aromatic heterocycles. The predicted molar refractivity (Wildman–Crippen MR) is 58.9 cm³/mol. The highest BCUT2D eigenvalue weighted by Gasteiger charge is 2.23. The van der Waals surface area contributed by atoms with Gasteiger partial charge in [-0.05, 0) is 31.5 Å². The molecule has 2 atom stereocenters. The molecule has 14 heavy (non-hydrogen) atoms. The van der Waals surface area contributed by atoms with Crippen LogP contribution in [0.4, 0.5) is 5.69 Å². The Morgan fingerprint density at radius 1 is 1.50 bits per heavy atom. The Labute approximate surface area is 89.2 Å². The standard InChI is InChI=1S/C11H14ClNO/c1-7-5-11(14-2)9-6-8(12)3-4-10(9)13-7/h3-4,6-7,11,13H,5H2,1-2H3. The van der Waals surface area contributed by atoms with E-state index in [1.54, 1.807) is 7.11 Å². The predicted octanol–water partition coefficient (Wildman–Crippen LogP) is 3.23. The first-order chi connectivity index (χ1) is 6.70. The van der Waals surface area contributed by atoms with Crippen LogP contribution in [0.2, 0.25) is 5.02 Å². The van der Waals surface area contributed by atoms with E-state index in [-0.39, 0.29) is 6.10 Å². The maximum Gasteiger partial charge on any atom is 0.0861 e. The third kappa shape index (κ3) is 1.72. The minimum absolute atomic E-state index is 0.167. The molecule has 3 heteroatoms. The molecule has 0 fully saturated rings. The van der Waals surface area contributed by atoms with Crippen LogP contribution in [0.25, 0.3) is 0 Å². The molecule has 1 aliphatic rings. The van der Waals surface area contributed by atoms with Gasteiger partial charge in [-0.15, -0.1) is 0 Å². The van der Waals surface area contributed by atoms with E-state index in [0.29, 0.717) is 6.04 Å². The SMILES string of the molecule is COC1CC(C)Nc2ccc(Cl)cc21. The summed E-state index contributed by atoms with van der Waals surface area (Å²) < 4.78 is 5.44. The number of hydrogen-bond acceptors (Lipinski definition) is 2. The highest BCUT2D eigenvalue weighted by atomic mass is 35.5. The Morgan fingerprint density at radius 3 is 3.00 bits per heavy atom. The van der Waals surface area contributed by atoms with Crippen LogP contribution in [0.1, 0.15) is 25.0 Å². The van der Waals surface area contributed by atoms with Crippen LogP contribution in [-0.4, -0.2) is 13.2 Å². The topological polar surface area (TPSA) is 21.3 Å². The van der Waals surface area contributed by atoms with Crippen LogP contribution < -0.4 is 5.32 Å². The molecule has 0 radical (unpaired) electrons. The van der Waals surface area contributed by atoms with Gasteiger partial charge in [-0.1, -0.05) is 11.6 Å². The Bertz CT molecular complexity index is 340. The lowest BCUT2D eigenvalue weighted by atomic mass is 9.96.